The van der Waals surface area contributed by atoms with Gasteiger partial charge in [-0.25, -0.2) is 0 Å². The number of aliphatic imine (C=N–C) groups is 1. The van der Waals surface area contributed by atoms with Crippen molar-refractivity contribution in [2.45, 2.75) is 6.42 Å². The Labute approximate surface area is 41.1 Å². The van der Waals surface area contributed by atoms with Crippen molar-refractivity contribution < 1.29 is 0 Å². The average molecular weight is 103 g/mol. The normalized spacial score (nSPS) is 10.3. The summed E-state index contributed by atoms with van der Waals surface area (Å²) in [6.07, 6.45) is 4.12. The van der Waals surface area contributed by atoms with E-state index in [1.807, 2.05) is 6.21 Å². The standard InChI is InChI=1S/C4H10NP/c1-5-3-2-4-6/h3H,2,4,6H2,1H3. The van der Waals surface area contributed by atoms with Gasteiger partial charge in [0.1, 0.15) is 0 Å². The zero-order valence-electron chi connectivity index (χ0n) is 4.02. The lowest BCUT2D eigenvalue weighted by molar-refractivity contribution is 1.31. The molecular weight excluding hydrogens is 93.0 g/mol. The number of rotatable bonds is 2. The predicted molar refractivity (Wildman–Crippen MR) is 33.6 cm³/mol. The van der Waals surface area contributed by atoms with Gasteiger partial charge in [0.25, 0.3) is 0 Å². The first kappa shape index (κ1) is 6.10. The molecule has 0 spiro atoms. The minimum Gasteiger partial charge on any atom is -0.301 e. The maximum absolute atomic E-state index is 3.79. The zero-order valence-corrected chi connectivity index (χ0v) is 5.17. The Bertz CT molecular complexity index is 42.8. The van der Waals surface area contributed by atoms with Crippen molar-refractivity contribution in [2.75, 3.05) is 13.2 Å². The summed E-state index contributed by atoms with van der Waals surface area (Å²) in [5.41, 5.74) is 0. The minimum atomic E-state index is 1.08. The van der Waals surface area contributed by atoms with E-state index in [1.54, 1.807) is 7.05 Å². The summed E-state index contributed by atoms with van der Waals surface area (Å²) in [6, 6.07) is 0. The van der Waals surface area contributed by atoms with Crippen LogP contribution in [0.15, 0.2) is 4.99 Å². The van der Waals surface area contributed by atoms with Crippen molar-refractivity contribution in [2.24, 2.45) is 4.99 Å². The van der Waals surface area contributed by atoms with Gasteiger partial charge in [-0.3, -0.25) is 0 Å². The summed E-state index contributed by atoms with van der Waals surface area (Å²) < 4.78 is 0. The highest BCUT2D eigenvalue weighted by Gasteiger charge is 1.66. The summed E-state index contributed by atoms with van der Waals surface area (Å²) >= 11 is 0. The monoisotopic (exact) mass is 103 g/mol. The molecule has 36 valence electrons. The molecule has 2 heteroatoms. The summed E-state index contributed by atoms with van der Waals surface area (Å²) in [5.74, 6) is 0. The first-order valence-corrected chi connectivity index (χ1v) is 2.84. The Hall–Kier alpha value is 0.100. The van der Waals surface area contributed by atoms with Crippen molar-refractivity contribution >= 4 is 15.5 Å². The maximum Gasteiger partial charge on any atom is 0.0273 e. The van der Waals surface area contributed by atoms with Crippen LogP contribution in [-0.4, -0.2) is 19.4 Å². The molecule has 0 heterocycles. The van der Waals surface area contributed by atoms with Crippen molar-refractivity contribution in [3.05, 3.63) is 0 Å². The Morgan fingerprint density at radius 1 is 1.83 bits per heavy atom. The Balaban J connectivity index is 2.66. The molecule has 0 aromatic heterocycles. The van der Waals surface area contributed by atoms with Crippen LogP contribution in [0, 0.1) is 0 Å². The molecule has 0 radical (unpaired) electrons. The number of nitrogens with zero attached hydrogens (tertiary/aromatic N) is 1. The lowest BCUT2D eigenvalue weighted by atomic mass is 10.5. The maximum atomic E-state index is 3.79. The molecule has 0 aliphatic heterocycles. The third-order valence-corrected chi connectivity index (χ3v) is 0.812. The molecule has 0 aromatic carbocycles. The van der Waals surface area contributed by atoms with Gasteiger partial charge >= 0.3 is 0 Å². The van der Waals surface area contributed by atoms with Gasteiger partial charge in [-0.15, -0.1) is 9.24 Å². The quantitative estimate of drug-likeness (QED) is 0.364. The molecule has 1 unspecified atom stereocenters. The SMILES string of the molecule is CN=CCCP. The van der Waals surface area contributed by atoms with E-state index in [-0.39, 0.29) is 0 Å². The van der Waals surface area contributed by atoms with Crippen molar-refractivity contribution in [1.82, 2.24) is 0 Å². The molecule has 6 heavy (non-hydrogen) atoms. The Kier molecular flexibility index (Phi) is 5.18. The third-order valence-electron chi connectivity index (χ3n) is 0.478. The van der Waals surface area contributed by atoms with Crippen molar-refractivity contribution in [1.29, 1.82) is 0 Å². The zero-order chi connectivity index (χ0) is 4.83. The van der Waals surface area contributed by atoms with Crippen LogP contribution in [-0.2, 0) is 0 Å². The summed E-state index contributed by atoms with van der Waals surface area (Å²) in [5, 5.41) is 0. The van der Waals surface area contributed by atoms with Gasteiger partial charge in [0, 0.05) is 7.05 Å². The molecule has 0 aliphatic carbocycles. The molecule has 0 aliphatic rings. The van der Waals surface area contributed by atoms with E-state index in [9.17, 15) is 0 Å². The van der Waals surface area contributed by atoms with Gasteiger partial charge < -0.3 is 4.99 Å². The van der Waals surface area contributed by atoms with Crippen LogP contribution >= 0.6 is 9.24 Å². The van der Waals surface area contributed by atoms with Gasteiger partial charge in [-0.2, -0.15) is 0 Å². The fraction of sp³-hybridized carbons (Fsp3) is 0.750. The molecule has 0 saturated heterocycles. The molecule has 0 saturated carbocycles. The first-order chi connectivity index (χ1) is 2.91. The largest absolute Gasteiger partial charge is 0.301 e. The van der Waals surface area contributed by atoms with Gasteiger partial charge in [-0.1, -0.05) is 0 Å². The lowest BCUT2D eigenvalue weighted by Gasteiger charge is -1.76. The van der Waals surface area contributed by atoms with E-state index in [4.69, 9.17) is 0 Å². The van der Waals surface area contributed by atoms with Gasteiger partial charge in [0.15, 0.2) is 0 Å². The molecule has 1 nitrogen and oxygen atoms in total. The van der Waals surface area contributed by atoms with Gasteiger partial charge in [0.05, 0.1) is 0 Å². The van der Waals surface area contributed by atoms with Crippen LogP contribution in [0.25, 0.3) is 0 Å². The predicted octanol–water partition coefficient (Wildman–Crippen LogP) is 0.952. The second kappa shape index (κ2) is 5.10. The van der Waals surface area contributed by atoms with Crippen LogP contribution in [0.4, 0.5) is 0 Å². The Morgan fingerprint density at radius 3 is 2.67 bits per heavy atom. The first-order valence-electron chi connectivity index (χ1n) is 2.02. The van der Waals surface area contributed by atoms with E-state index in [0.29, 0.717) is 0 Å². The van der Waals surface area contributed by atoms with E-state index < -0.39 is 0 Å². The van der Waals surface area contributed by atoms with Crippen molar-refractivity contribution in [3.63, 3.8) is 0 Å². The highest BCUT2D eigenvalue weighted by Crippen LogP contribution is 1.81. The molecule has 1 atom stereocenters. The van der Waals surface area contributed by atoms with Crippen LogP contribution in [0.1, 0.15) is 6.42 Å². The molecule has 0 bridgehead atoms. The number of hydrogen-bond acceptors (Lipinski definition) is 1. The van der Waals surface area contributed by atoms with Crippen LogP contribution in [0.3, 0.4) is 0 Å². The van der Waals surface area contributed by atoms with Crippen molar-refractivity contribution in [3.8, 4) is 0 Å². The highest BCUT2D eigenvalue weighted by molar-refractivity contribution is 7.16. The minimum absolute atomic E-state index is 1.08. The fourth-order valence-corrected chi connectivity index (χ4v) is 0.353. The smallest absolute Gasteiger partial charge is 0.0273 e. The van der Waals surface area contributed by atoms with E-state index in [0.717, 1.165) is 12.6 Å². The summed E-state index contributed by atoms with van der Waals surface area (Å²) in [6.45, 7) is 0. The lowest BCUT2D eigenvalue weighted by Crippen LogP contribution is -1.71. The van der Waals surface area contributed by atoms with Crippen LogP contribution in [0.2, 0.25) is 0 Å². The second-order valence-corrected chi connectivity index (χ2v) is 1.60. The third kappa shape index (κ3) is 4.10. The van der Waals surface area contributed by atoms with Gasteiger partial charge in [-0.05, 0) is 18.8 Å². The Morgan fingerprint density at radius 2 is 2.50 bits per heavy atom. The second-order valence-electron chi connectivity index (χ2n) is 1.02. The molecule has 0 fully saturated rings. The van der Waals surface area contributed by atoms with Crippen LogP contribution < -0.4 is 0 Å². The molecule has 0 N–H and O–H groups in total. The number of hydrogen-bond donors (Lipinski definition) is 0. The summed E-state index contributed by atoms with van der Waals surface area (Å²) in [4.78, 5) is 3.79. The van der Waals surface area contributed by atoms with E-state index >= 15 is 0 Å². The molecule has 0 aromatic rings. The summed E-state index contributed by atoms with van der Waals surface area (Å²) in [7, 11) is 4.43. The van der Waals surface area contributed by atoms with Crippen LogP contribution in [0.5, 0.6) is 0 Å². The molecule has 0 rings (SSSR count). The van der Waals surface area contributed by atoms with Gasteiger partial charge in [0.2, 0.25) is 0 Å². The molecular formula is C4H10NP. The van der Waals surface area contributed by atoms with E-state index in [2.05, 4.69) is 14.2 Å². The average Bonchev–Trinajstić information content (AvgIpc) is 1.61. The highest BCUT2D eigenvalue weighted by atomic mass is 31.0. The fourth-order valence-electron chi connectivity index (χ4n) is 0.204. The molecule has 0 amide bonds. The van der Waals surface area contributed by atoms with E-state index in [1.165, 1.54) is 0 Å². The topological polar surface area (TPSA) is 12.4 Å².